The van der Waals surface area contributed by atoms with Gasteiger partial charge < -0.3 is 15.4 Å². The number of nitrogens with one attached hydrogen (secondary N) is 2. The third kappa shape index (κ3) is 5.12. The van der Waals surface area contributed by atoms with E-state index < -0.39 is 0 Å². The number of nitrogens with zero attached hydrogens (tertiary/aromatic N) is 1. The molecule has 6 nitrogen and oxygen atoms in total. The highest BCUT2D eigenvalue weighted by Gasteiger charge is 2.29. The van der Waals surface area contributed by atoms with Crippen LogP contribution in [-0.4, -0.2) is 36.8 Å². The van der Waals surface area contributed by atoms with Crippen LogP contribution in [0.25, 0.3) is 0 Å². The number of benzene rings is 1. The Morgan fingerprint density at radius 3 is 2.85 bits per heavy atom. The van der Waals surface area contributed by atoms with Gasteiger partial charge in [0.15, 0.2) is 0 Å². The minimum Gasteiger partial charge on any atom is -0.376 e. The van der Waals surface area contributed by atoms with E-state index in [0.29, 0.717) is 17.1 Å². The van der Waals surface area contributed by atoms with E-state index in [2.05, 4.69) is 16.7 Å². The van der Waals surface area contributed by atoms with Crippen LogP contribution in [0.4, 0.5) is 0 Å². The van der Waals surface area contributed by atoms with Gasteiger partial charge in [-0.25, -0.2) is 0 Å². The summed E-state index contributed by atoms with van der Waals surface area (Å²) < 4.78 is 5.49. The number of carbonyl (C=O) groups is 2. The fraction of sp³-hybridized carbons (Fsp3) is 0.450. The number of hydrogen-bond acceptors (Lipinski definition) is 5. The van der Waals surface area contributed by atoms with Gasteiger partial charge in [-0.2, -0.15) is 5.26 Å². The third-order valence-corrected chi connectivity index (χ3v) is 5.75. The molecular weight excluding hydrogens is 362 g/mol. The maximum atomic E-state index is 12.1. The summed E-state index contributed by atoms with van der Waals surface area (Å²) in [6.45, 7) is 3.25. The summed E-state index contributed by atoms with van der Waals surface area (Å²) in [5.41, 5.74) is 2.57. The standard InChI is InChI=1S/C20H23N3O3S/c1-13-4-6-14(7-5-13)16-9-18(24)23-20(17(16)10-21)27-12-19(25)22-11-15-3-2-8-26-15/h4-7,15-16H,2-3,8-9,11-12H2,1H3,(H,22,25)(H,23,24)/t15-,16+/m1/s1. The zero-order valence-electron chi connectivity index (χ0n) is 15.3. The molecule has 7 heteroatoms. The maximum absolute atomic E-state index is 12.1. The average Bonchev–Trinajstić information content (AvgIpc) is 3.18. The summed E-state index contributed by atoms with van der Waals surface area (Å²) in [5.74, 6) is -0.399. The van der Waals surface area contributed by atoms with Crippen LogP contribution in [0, 0.1) is 18.3 Å². The Morgan fingerprint density at radius 2 is 2.19 bits per heavy atom. The first-order valence-corrected chi connectivity index (χ1v) is 10.1. The van der Waals surface area contributed by atoms with Crippen LogP contribution in [-0.2, 0) is 14.3 Å². The SMILES string of the molecule is Cc1ccc([C@@H]2CC(=O)NC(SCC(=O)NC[C@H]3CCCO3)=C2C#N)cc1. The van der Waals surface area contributed by atoms with Crippen molar-refractivity contribution in [1.82, 2.24) is 10.6 Å². The van der Waals surface area contributed by atoms with Crippen molar-refractivity contribution in [2.24, 2.45) is 0 Å². The van der Waals surface area contributed by atoms with Crippen molar-refractivity contribution in [1.29, 1.82) is 5.26 Å². The molecule has 142 valence electrons. The van der Waals surface area contributed by atoms with Crippen molar-refractivity contribution in [2.45, 2.75) is 38.2 Å². The average molecular weight is 385 g/mol. The first-order chi connectivity index (χ1) is 13.1. The molecule has 0 radical (unpaired) electrons. The van der Waals surface area contributed by atoms with Gasteiger partial charge in [0.25, 0.3) is 0 Å². The lowest BCUT2D eigenvalue weighted by molar-refractivity contribution is -0.121. The molecule has 1 aromatic carbocycles. The first kappa shape index (κ1) is 19.5. The molecule has 0 saturated carbocycles. The van der Waals surface area contributed by atoms with E-state index in [1.807, 2.05) is 31.2 Å². The zero-order valence-corrected chi connectivity index (χ0v) is 16.1. The van der Waals surface area contributed by atoms with Crippen LogP contribution in [0.3, 0.4) is 0 Å². The van der Waals surface area contributed by atoms with Crippen LogP contribution in [0.2, 0.25) is 0 Å². The van der Waals surface area contributed by atoms with Crippen LogP contribution in [0.5, 0.6) is 0 Å². The molecule has 1 saturated heterocycles. The lowest BCUT2D eigenvalue weighted by Crippen LogP contribution is -2.34. The zero-order chi connectivity index (χ0) is 19.2. The Morgan fingerprint density at radius 1 is 1.41 bits per heavy atom. The molecule has 2 atom stereocenters. The molecule has 1 fully saturated rings. The summed E-state index contributed by atoms with van der Waals surface area (Å²) in [5, 5.41) is 15.7. The van der Waals surface area contributed by atoms with Gasteiger partial charge in [0, 0.05) is 25.5 Å². The number of amides is 2. The van der Waals surface area contributed by atoms with Gasteiger partial charge in [0.2, 0.25) is 11.8 Å². The third-order valence-electron chi connectivity index (χ3n) is 4.73. The second kappa shape index (κ2) is 9.07. The minimum absolute atomic E-state index is 0.0909. The topological polar surface area (TPSA) is 91.2 Å². The molecule has 0 aromatic heterocycles. The van der Waals surface area contributed by atoms with Gasteiger partial charge in [-0.3, -0.25) is 9.59 Å². The fourth-order valence-electron chi connectivity index (χ4n) is 3.24. The number of rotatable bonds is 6. The molecule has 3 rings (SSSR count). The van der Waals surface area contributed by atoms with Gasteiger partial charge in [-0.05, 0) is 25.3 Å². The van der Waals surface area contributed by atoms with E-state index in [-0.39, 0.29) is 36.0 Å². The van der Waals surface area contributed by atoms with E-state index in [9.17, 15) is 14.9 Å². The quantitative estimate of drug-likeness (QED) is 0.784. The largest absolute Gasteiger partial charge is 0.376 e. The molecule has 2 heterocycles. The number of aryl methyl sites for hydroxylation is 1. The summed E-state index contributed by atoms with van der Waals surface area (Å²) in [6, 6.07) is 10.1. The summed E-state index contributed by atoms with van der Waals surface area (Å²) in [6.07, 6.45) is 2.32. The number of nitriles is 1. The van der Waals surface area contributed by atoms with Crippen LogP contribution >= 0.6 is 11.8 Å². The molecule has 2 aliphatic rings. The first-order valence-electron chi connectivity index (χ1n) is 9.08. The number of thioether (sulfide) groups is 1. The maximum Gasteiger partial charge on any atom is 0.230 e. The van der Waals surface area contributed by atoms with Crippen molar-refractivity contribution < 1.29 is 14.3 Å². The van der Waals surface area contributed by atoms with E-state index in [1.54, 1.807) is 0 Å². The predicted molar refractivity (Wildman–Crippen MR) is 104 cm³/mol. The molecular formula is C20H23N3O3S. The second-order valence-corrected chi connectivity index (χ2v) is 7.78. The van der Waals surface area contributed by atoms with Crippen LogP contribution in [0.15, 0.2) is 34.9 Å². The predicted octanol–water partition coefficient (Wildman–Crippen LogP) is 2.36. The van der Waals surface area contributed by atoms with E-state index in [4.69, 9.17) is 4.74 Å². The molecule has 1 aromatic rings. The van der Waals surface area contributed by atoms with Gasteiger partial charge in [-0.15, -0.1) is 0 Å². The lowest BCUT2D eigenvalue weighted by Gasteiger charge is -2.25. The molecule has 0 unspecified atom stereocenters. The van der Waals surface area contributed by atoms with Crippen molar-refractivity contribution in [3.8, 4) is 6.07 Å². The number of carbonyl (C=O) groups excluding carboxylic acids is 2. The number of hydrogen-bond donors (Lipinski definition) is 2. The molecule has 0 aliphatic carbocycles. The van der Waals surface area contributed by atoms with Crippen molar-refractivity contribution >= 4 is 23.6 Å². The second-order valence-electron chi connectivity index (χ2n) is 6.80. The van der Waals surface area contributed by atoms with Crippen molar-refractivity contribution in [3.63, 3.8) is 0 Å². The van der Waals surface area contributed by atoms with Crippen molar-refractivity contribution in [2.75, 3.05) is 18.9 Å². The Labute approximate surface area is 163 Å². The Hall–Kier alpha value is -2.30. The molecule has 27 heavy (non-hydrogen) atoms. The molecule has 2 N–H and O–H groups in total. The normalized spacial score (nSPS) is 22.3. The lowest BCUT2D eigenvalue weighted by atomic mass is 9.87. The van der Waals surface area contributed by atoms with Gasteiger partial charge in [0.05, 0.1) is 28.5 Å². The molecule has 0 spiro atoms. The van der Waals surface area contributed by atoms with Crippen LogP contribution < -0.4 is 10.6 Å². The molecule has 0 bridgehead atoms. The number of allylic oxidation sites excluding steroid dienone is 1. The summed E-state index contributed by atoms with van der Waals surface area (Å²) in [7, 11) is 0. The fourth-order valence-corrected chi connectivity index (χ4v) is 4.15. The highest BCUT2D eigenvalue weighted by Crippen LogP contribution is 2.35. The van der Waals surface area contributed by atoms with Gasteiger partial charge >= 0.3 is 0 Å². The molecule has 2 aliphatic heterocycles. The summed E-state index contributed by atoms with van der Waals surface area (Å²) >= 11 is 1.20. The minimum atomic E-state index is -0.276. The monoisotopic (exact) mass is 385 g/mol. The number of ether oxygens (including phenoxy) is 1. The smallest absolute Gasteiger partial charge is 0.230 e. The Bertz CT molecular complexity index is 777. The highest BCUT2D eigenvalue weighted by atomic mass is 32.2. The molecule has 2 amide bonds. The van der Waals surface area contributed by atoms with E-state index in [0.717, 1.165) is 30.6 Å². The highest BCUT2D eigenvalue weighted by molar-refractivity contribution is 8.03. The van der Waals surface area contributed by atoms with E-state index >= 15 is 0 Å². The van der Waals surface area contributed by atoms with Crippen molar-refractivity contribution in [3.05, 3.63) is 46.0 Å². The van der Waals surface area contributed by atoms with E-state index in [1.165, 1.54) is 11.8 Å². The van der Waals surface area contributed by atoms with Gasteiger partial charge in [0.1, 0.15) is 0 Å². The Balaban J connectivity index is 1.65. The Kier molecular flexibility index (Phi) is 6.54. The van der Waals surface area contributed by atoms with Gasteiger partial charge in [-0.1, -0.05) is 41.6 Å². The van der Waals surface area contributed by atoms with Crippen LogP contribution in [0.1, 0.15) is 36.3 Å². The summed E-state index contributed by atoms with van der Waals surface area (Å²) in [4.78, 5) is 24.2.